The van der Waals surface area contributed by atoms with Crippen LogP contribution in [0.5, 0.6) is 0 Å². The lowest BCUT2D eigenvalue weighted by Gasteiger charge is -2.13. The zero-order valence-corrected chi connectivity index (χ0v) is 10.9. The average Bonchev–Trinajstić information content (AvgIpc) is 2.25. The number of hydrogen-bond donors (Lipinski definition) is 2. The number of nitrogens with one attached hydrogen (secondary N) is 2. The Labute approximate surface area is 102 Å². The Kier molecular flexibility index (Phi) is 7.99. The number of carbonyl (C=O) groups is 2. The minimum absolute atomic E-state index is 0.0539. The SMILES string of the molecule is CCC(CC)C(=O)NCCNC(=O)C(C)Cl. The molecule has 0 aromatic rings. The number of hydrogen-bond acceptors (Lipinski definition) is 2. The summed E-state index contributed by atoms with van der Waals surface area (Å²) in [5.74, 6) is -0.0840. The van der Waals surface area contributed by atoms with Gasteiger partial charge in [0, 0.05) is 19.0 Å². The molecule has 0 aliphatic rings. The zero-order valence-electron chi connectivity index (χ0n) is 10.2. The molecule has 1 atom stereocenters. The third-order valence-corrected chi connectivity index (χ3v) is 2.64. The monoisotopic (exact) mass is 248 g/mol. The second kappa shape index (κ2) is 8.39. The van der Waals surface area contributed by atoms with Gasteiger partial charge in [0.05, 0.1) is 0 Å². The fraction of sp³-hybridized carbons (Fsp3) is 0.818. The molecule has 1 unspecified atom stereocenters. The van der Waals surface area contributed by atoms with Crippen LogP contribution in [-0.2, 0) is 9.59 Å². The van der Waals surface area contributed by atoms with Gasteiger partial charge in [0.15, 0.2) is 0 Å². The number of carbonyl (C=O) groups excluding carboxylic acids is 2. The van der Waals surface area contributed by atoms with E-state index in [2.05, 4.69) is 10.6 Å². The van der Waals surface area contributed by atoms with Crippen LogP contribution in [0.2, 0.25) is 0 Å². The molecule has 0 aromatic heterocycles. The van der Waals surface area contributed by atoms with Gasteiger partial charge in [0.1, 0.15) is 5.38 Å². The van der Waals surface area contributed by atoms with E-state index in [1.54, 1.807) is 6.92 Å². The van der Waals surface area contributed by atoms with Crippen molar-refractivity contribution in [3.8, 4) is 0 Å². The Morgan fingerprint density at radius 2 is 1.50 bits per heavy atom. The van der Waals surface area contributed by atoms with Gasteiger partial charge in [-0.25, -0.2) is 0 Å². The van der Waals surface area contributed by atoms with Crippen LogP contribution < -0.4 is 10.6 Å². The topological polar surface area (TPSA) is 58.2 Å². The molecule has 16 heavy (non-hydrogen) atoms. The van der Waals surface area contributed by atoms with Gasteiger partial charge in [-0.3, -0.25) is 9.59 Å². The highest BCUT2D eigenvalue weighted by atomic mass is 35.5. The van der Waals surface area contributed by atoms with Crippen LogP contribution in [0.1, 0.15) is 33.6 Å². The van der Waals surface area contributed by atoms with E-state index in [0.717, 1.165) is 12.8 Å². The molecule has 2 N–H and O–H groups in total. The van der Waals surface area contributed by atoms with E-state index < -0.39 is 5.38 Å². The van der Waals surface area contributed by atoms with Gasteiger partial charge in [-0.2, -0.15) is 0 Å². The lowest BCUT2D eigenvalue weighted by molar-refractivity contribution is -0.125. The van der Waals surface area contributed by atoms with E-state index in [0.29, 0.717) is 13.1 Å². The third-order valence-electron chi connectivity index (χ3n) is 2.44. The summed E-state index contributed by atoms with van der Waals surface area (Å²) < 4.78 is 0. The second-order valence-electron chi connectivity index (χ2n) is 3.71. The second-order valence-corrected chi connectivity index (χ2v) is 4.37. The fourth-order valence-corrected chi connectivity index (χ4v) is 1.39. The maximum atomic E-state index is 11.5. The van der Waals surface area contributed by atoms with Gasteiger partial charge in [-0.05, 0) is 19.8 Å². The van der Waals surface area contributed by atoms with Crippen molar-refractivity contribution in [1.29, 1.82) is 0 Å². The summed E-state index contributed by atoms with van der Waals surface area (Å²) in [5.41, 5.74) is 0. The molecular weight excluding hydrogens is 228 g/mol. The molecular formula is C11H21ClN2O2. The third kappa shape index (κ3) is 5.95. The molecule has 94 valence electrons. The molecule has 0 rings (SSSR count). The van der Waals surface area contributed by atoms with Gasteiger partial charge >= 0.3 is 0 Å². The number of rotatable bonds is 7. The van der Waals surface area contributed by atoms with E-state index >= 15 is 0 Å². The summed E-state index contributed by atoms with van der Waals surface area (Å²) >= 11 is 5.57. The number of alkyl halides is 1. The molecule has 0 radical (unpaired) electrons. The van der Waals surface area contributed by atoms with Crippen molar-refractivity contribution in [2.45, 2.75) is 39.0 Å². The van der Waals surface area contributed by atoms with Crippen molar-refractivity contribution in [3.05, 3.63) is 0 Å². The van der Waals surface area contributed by atoms with Crippen molar-refractivity contribution in [3.63, 3.8) is 0 Å². The van der Waals surface area contributed by atoms with Gasteiger partial charge in [-0.1, -0.05) is 13.8 Å². The standard InChI is InChI=1S/C11H21ClN2O2/c1-4-9(5-2)11(16)14-7-6-13-10(15)8(3)12/h8-9H,4-7H2,1-3H3,(H,13,15)(H,14,16). The lowest BCUT2D eigenvalue weighted by atomic mass is 10.0. The van der Waals surface area contributed by atoms with Crippen LogP contribution >= 0.6 is 11.6 Å². The van der Waals surface area contributed by atoms with Gasteiger partial charge in [0.25, 0.3) is 0 Å². The van der Waals surface area contributed by atoms with E-state index in [-0.39, 0.29) is 17.7 Å². The molecule has 0 bridgehead atoms. The lowest BCUT2D eigenvalue weighted by Crippen LogP contribution is -2.39. The molecule has 0 heterocycles. The predicted molar refractivity (Wildman–Crippen MR) is 65.4 cm³/mol. The van der Waals surface area contributed by atoms with Crippen molar-refractivity contribution in [1.82, 2.24) is 10.6 Å². The minimum Gasteiger partial charge on any atom is -0.354 e. The van der Waals surface area contributed by atoms with Crippen LogP contribution in [0.4, 0.5) is 0 Å². The molecule has 2 amide bonds. The molecule has 0 aromatic carbocycles. The molecule has 4 nitrogen and oxygen atoms in total. The Bertz CT molecular complexity index is 228. The molecule has 0 saturated heterocycles. The molecule has 5 heteroatoms. The van der Waals surface area contributed by atoms with Crippen LogP contribution in [0.25, 0.3) is 0 Å². The Morgan fingerprint density at radius 3 is 1.88 bits per heavy atom. The smallest absolute Gasteiger partial charge is 0.237 e. The first-order valence-electron chi connectivity index (χ1n) is 5.72. The van der Waals surface area contributed by atoms with E-state index in [1.165, 1.54) is 0 Å². The summed E-state index contributed by atoms with van der Waals surface area (Å²) in [7, 11) is 0. The fourth-order valence-electron chi connectivity index (χ4n) is 1.32. The number of amides is 2. The zero-order chi connectivity index (χ0) is 12.6. The minimum atomic E-state index is -0.533. The number of halogens is 1. The molecule has 0 aliphatic heterocycles. The van der Waals surface area contributed by atoms with Crippen molar-refractivity contribution in [2.24, 2.45) is 5.92 Å². The molecule has 0 saturated carbocycles. The quantitative estimate of drug-likeness (QED) is 0.527. The maximum Gasteiger partial charge on any atom is 0.237 e. The van der Waals surface area contributed by atoms with Gasteiger partial charge in [-0.15, -0.1) is 11.6 Å². The van der Waals surface area contributed by atoms with E-state index in [4.69, 9.17) is 11.6 Å². The van der Waals surface area contributed by atoms with Crippen LogP contribution in [0.15, 0.2) is 0 Å². The summed E-state index contributed by atoms with van der Waals surface area (Å²) in [5, 5.41) is 4.88. The van der Waals surface area contributed by atoms with Crippen LogP contribution in [-0.4, -0.2) is 30.3 Å². The first-order chi connectivity index (χ1) is 7.52. The first kappa shape index (κ1) is 15.2. The summed E-state index contributed by atoms with van der Waals surface area (Å²) in [6.45, 7) is 6.46. The molecule has 0 spiro atoms. The normalized spacial score (nSPS) is 12.3. The summed E-state index contributed by atoms with van der Waals surface area (Å²) in [6, 6.07) is 0. The largest absolute Gasteiger partial charge is 0.354 e. The first-order valence-corrected chi connectivity index (χ1v) is 6.16. The molecule has 0 aliphatic carbocycles. The highest BCUT2D eigenvalue weighted by molar-refractivity contribution is 6.30. The van der Waals surface area contributed by atoms with Gasteiger partial charge < -0.3 is 10.6 Å². The Hall–Kier alpha value is -0.770. The van der Waals surface area contributed by atoms with E-state index in [9.17, 15) is 9.59 Å². The highest BCUT2D eigenvalue weighted by Crippen LogP contribution is 2.06. The summed E-state index contributed by atoms with van der Waals surface area (Å²) in [6.07, 6.45) is 1.68. The maximum absolute atomic E-state index is 11.5. The van der Waals surface area contributed by atoms with Crippen LogP contribution in [0.3, 0.4) is 0 Å². The average molecular weight is 249 g/mol. The predicted octanol–water partition coefficient (Wildman–Crippen LogP) is 1.28. The Morgan fingerprint density at radius 1 is 1.06 bits per heavy atom. The molecule has 0 fully saturated rings. The Balaban J connectivity index is 3.66. The van der Waals surface area contributed by atoms with Gasteiger partial charge in [0.2, 0.25) is 11.8 Å². The highest BCUT2D eigenvalue weighted by Gasteiger charge is 2.13. The van der Waals surface area contributed by atoms with Crippen LogP contribution in [0, 0.1) is 5.92 Å². The van der Waals surface area contributed by atoms with Crippen molar-refractivity contribution < 1.29 is 9.59 Å². The van der Waals surface area contributed by atoms with Crippen molar-refractivity contribution in [2.75, 3.05) is 13.1 Å². The van der Waals surface area contributed by atoms with E-state index in [1.807, 2.05) is 13.8 Å². The summed E-state index contributed by atoms with van der Waals surface area (Å²) in [4.78, 5) is 22.6. The van der Waals surface area contributed by atoms with Crippen molar-refractivity contribution >= 4 is 23.4 Å².